The number of halogens is 1. The molecule has 10 heteroatoms. The lowest BCUT2D eigenvalue weighted by Crippen LogP contribution is -2.49. The topological polar surface area (TPSA) is 100 Å². The van der Waals surface area contributed by atoms with Gasteiger partial charge in [-0.2, -0.15) is 0 Å². The summed E-state index contributed by atoms with van der Waals surface area (Å²) >= 11 is 1.31. The van der Waals surface area contributed by atoms with Gasteiger partial charge < -0.3 is 20.1 Å². The fourth-order valence-corrected chi connectivity index (χ4v) is 3.65. The van der Waals surface area contributed by atoms with Gasteiger partial charge in [-0.05, 0) is 25.5 Å². The maximum atomic E-state index is 12.8. The number of hydrogen-bond donors (Lipinski definition) is 2. The summed E-state index contributed by atoms with van der Waals surface area (Å²) in [5.74, 6) is 1.07. The van der Waals surface area contributed by atoms with E-state index in [1.54, 1.807) is 32.3 Å². The van der Waals surface area contributed by atoms with E-state index in [1.165, 1.54) is 11.8 Å². The number of thioether (sulfide) groups is 1. The van der Waals surface area contributed by atoms with Crippen LogP contribution < -0.4 is 10.6 Å². The molecule has 152 valence electrons. The van der Waals surface area contributed by atoms with Crippen LogP contribution in [0, 0.1) is 6.92 Å². The van der Waals surface area contributed by atoms with E-state index in [-0.39, 0.29) is 41.3 Å². The number of nitrogens with zero attached hydrogens (tertiary/aromatic N) is 3. The van der Waals surface area contributed by atoms with E-state index in [1.807, 2.05) is 17.0 Å². The zero-order valence-electron chi connectivity index (χ0n) is 15.8. The standard InChI is InChI=1S/C18H23N5O3S.ClH/c1-12-8-16(22-26-12)21-18(25)13(2)27-11-17(24)23-7-6-20-10-15(23)14-4-3-5-19-9-14;/h3-5,8-9,13,15,20H,6-7,10-11H2,1-2H3,(H,21,22,25);1H. The molecule has 2 aromatic rings. The zero-order chi connectivity index (χ0) is 19.2. The SMILES string of the molecule is Cc1cc(NC(=O)C(C)SCC(=O)N2CCNCC2c2cccnc2)no1.Cl. The molecule has 2 aromatic heterocycles. The zero-order valence-corrected chi connectivity index (χ0v) is 17.4. The van der Waals surface area contributed by atoms with E-state index >= 15 is 0 Å². The predicted octanol–water partition coefficient (Wildman–Crippen LogP) is 2.03. The molecule has 1 fully saturated rings. The summed E-state index contributed by atoms with van der Waals surface area (Å²) in [6, 6.07) is 5.47. The number of pyridine rings is 1. The number of anilines is 1. The van der Waals surface area contributed by atoms with Crippen LogP contribution in [0.2, 0.25) is 0 Å². The van der Waals surface area contributed by atoms with Gasteiger partial charge in [0.2, 0.25) is 11.8 Å². The Morgan fingerprint density at radius 2 is 2.32 bits per heavy atom. The van der Waals surface area contributed by atoms with Crippen LogP contribution in [0.15, 0.2) is 35.1 Å². The number of amides is 2. The lowest BCUT2D eigenvalue weighted by atomic mass is 10.1. The van der Waals surface area contributed by atoms with Crippen LogP contribution in [-0.4, -0.2) is 57.5 Å². The first-order chi connectivity index (χ1) is 13.0. The lowest BCUT2D eigenvalue weighted by molar-refractivity contribution is -0.131. The third kappa shape index (κ3) is 5.70. The molecular weight excluding hydrogens is 402 g/mol. The highest BCUT2D eigenvalue weighted by Gasteiger charge is 2.28. The van der Waals surface area contributed by atoms with Crippen LogP contribution in [0.4, 0.5) is 5.82 Å². The molecule has 0 spiro atoms. The first-order valence-electron chi connectivity index (χ1n) is 8.80. The Morgan fingerprint density at radius 1 is 1.50 bits per heavy atom. The Kier molecular flexibility index (Phi) is 8.28. The minimum Gasteiger partial charge on any atom is -0.360 e. The highest BCUT2D eigenvalue weighted by Crippen LogP contribution is 2.23. The van der Waals surface area contributed by atoms with Crippen molar-refractivity contribution in [2.24, 2.45) is 0 Å². The fourth-order valence-electron chi connectivity index (χ4n) is 2.88. The Labute approximate surface area is 174 Å². The van der Waals surface area contributed by atoms with Gasteiger partial charge in [-0.15, -0.1) is 24.2 Å². The lowest BCUT2D eigenvalue weighted by Gasteiger charge is -2.36. The van der Waals surface area contributed by atoms with Gasteiger partial charge in [0.25, 0.3) is 0 Å². The summed E-state index contributed by atoms with van der Waals surface area (Å²) < 4.78 is 4.93. The first kappa shape index (κ1) is 22.2. The van der Waals surface area contributed by atoms with Crippen molar-refractivity contribution in [2.75, 3.05) is 30.7 Å². The second kappa shape index (κ2) is 10.4. The molecule has 2 atom stereocenters. The number of carbonyl (C=O) groups excluding carboxylic acids is 2. The number of nitrogens with one attached hydrogen (secondary N) is 2. The summed E-state index contributed by atoms with van der Waals surface area (Å²) in [4.78, 5) is 31.0. The number of rotatable bonds is 6. The smallest absolute Gasteiger partial charge is 0.238 e. The predicted molar refractivity (Wildman–Crippen MR) is 111 cm³/mol. The van der Waals surface area contributed by atoms with Gasteiger partial charge in [0.15, 0.2) is 5.82 Å². The molecule has 1 aliphatic heterocycles. The van der Waals surface area contributed by atoms with Crippen LogP contribution in [0.5, 0.6) is 0 Å². The average Bonchev–Trinajstić information content (AvgIpc) is 3.11. The quantitative estimate of drug-likeness (QED) is 0.730. The molecular formula is C18H24ClN5O3S. The summed E-state index contributed by atoms with van der Waals surface area (Å²) in [5, 5.41) is 9.38. The molecule has 2 unspecified atom stereocenters. The summed E-state index contributed by atoms with van der Waals surface area (Å²) in [5.41, 5.74) is 1.01. The second-order valence-corrected chi connectivity index (χ2v) is 7.69. The molecule has 0 bridgehead atoms. The third-order valence-corrected chi connectivity index (χ3v) is 5.47. The van der Waals surface area contributed by atoms with Gasteiger partial charge in [-0.1, -0.05) is 11.2 Å². The van der Waals surface area contributed by atoms with Gasteiger partial charge in [0, 0.05) is 38.1 Å². The minimum absolute atomic E-state index is 0. The highest BCUT2D eigenvalue weighted by molar-refractivity contribution is 8.01. The Bertz CT molecular complexity index is 789. The molecule has 3 rings (SSSR count). The van der Waals surface area contributed by atoms with E-state index < -0.39 is 0 Å². The number of hydrogen-bond acceptors (Lipinski definition) is 7. The van der Waals surface area contributed by atoms with Gasteiger partial charge >= 0.3 is 0 Å². The molecule has 2 N–H and O–H groups in total. The maximum absolute atomic E-state index is 12.8. The molecule has 0 radical (unpaired) electrons. The van der Waals surface area contributed by atoms with Gasteiger partial charge in [-0.25, -0.2) is 0 Å². The van der Waals surface area contributed by atoms with E-state index in [9.17, 15) is 9.59 Å². The van der Waals surface area contributed by atoms with Crippen molar-refractivity contribution in [2.45, 2.75) is 25.1 Å². The van der Waals surface area contributed by atoms with Crippen molar-refractivity contribution in [3.8, 4) is 0 Å². The van der Waals surface area contributed by atoms with Crippen molar-refractivity contribution in [1.82, 2.24) is 20.4 Å². The monoisotopic (exact) mass is 425 g/mol. The molecule has 0 aromatic carbocycles. The molecule has 1 saturated heterocycles. The van der Waals surface area contributed by atoms with E-state index in [2.05, 4.69) is 20.8 Å². The van der Waals surface area contributed by atoms with Crippen molar-refractivity contribution in [3.63, 3.8) is 0 Å². The van der Waals surface area contributed by atoms with E-state index in [0.717, 1.165) is 12.1 Å². The van der Waals surface area contributed by atoms with Crippen LogP contribution in [-0.2, 0) is 9.59 Å². The molecule has 2 amide bonds. The maximum Gasteiger partial charge on any atom is 0.238 e. The van der Waals surface area contributed by atoms with Crippen molar-refractivity contribution in [3.05, 3.63) is 41.9 Å². The normalized spacial score (nSPS) is 17.5. The Hall–Kier alpha value is -2.10. The first-order valence-corrected chi connectivity index (χ1v) is 9.85. The number of aryl methyl sites for hydroxylation is 1. The van der Waals surface area contributed by atoms with Gasteiger partial charge in [0.05, 0.1) is 17.0 Å². The molecule has 0 aliphatic carbocycles. The van der Waals surface area contributed by atoms with Crippen LogP contribution in [0.25, 0.3) is 0 Å². The molecule has 3 heterocycles. The van der Waals surface area contributed by atoms with Gasteiger partial charge in [0.1, 0.15) is 5.76 Å². The van der Waals surface area contributed by atoms with Crippen LogP contribution >= 0.6 is 24.2 Å². The molecule has 28 heavy (non-hydrogen) atoms. The molecule has 1 aliphatic rings. The summed E-state index contributed by atoms with van der Waals surface area (Å²) in [7, 11) is 0. The summed E-state index contributed by atoms with van der Waals surface area (Å²) in [6.45, 7) is 5.62. The van der Waals surface area contributed by atoms with E-state index in [4.69, 9.17) is 4.52 Å². The Balaban J connectivity index is 0.00000280. The Morgan fingerprint density at radius 3 is 3.00 bits per heavy atom. The van der Waals surface area contributed by atoms with Crippen molar-refractivity contribution >= 4 is 41.8 Å². The minimum atomic E-state index is -0.384. The summed E-state index contributed by atoms with van der Waals surface area (Å²) in [6.07, 6.45) is 3.51. The number of piperazine rings is 1. The van der Waals surface area contributed by atoms with E-state index in [0.29, 0.717) is 24.7 Å². The second-order valence-electron chi connectivity index (χ2n) is 6.36. The van der Waals surface area contributed by atoms with Crippen molar-refractivity contribution in [1.29, 1.82) is 0 Å². The number of carbonyl (C=O) groups is 2. The highest BCUT2D eigenvalue weighted by atomic mass is 35.5. The molecule has 0 saturated carbocycles. The van der Waals surface area contributed by atoms with Crippen LogP contribution in [0.1, 0.15) is 24.3 Å². The fraction of sp³-hybridized carbons (Fsp3) is 0.444. The average molecular weight is 426 g/mol. The third-order valence-electron chi connectivity index (χ3n) is 4.34. The number of aromatic nitrogens is 2. The molecule has 8 nitrogen and oxygen atoms in total. The van der Waals surface area contributed by atoms with Crippen molar-refractivity contribution < 1.29 is 14.1 Å². The van der Waals surface area contributed by atoms with Crippen LogP contribution in [0.3, 0.4) is 0 Å². The largest absolute Gasteiger partial charge is 0.360 e. The van der Waals surface area contributed by atoms with Gasteiger partial charge in [-0.3, -0.25) is 14.6 Å².